The number of halogens is 6. The van der Waals surface area contributed by atoms with E-state index < -0.39 is 23.5 Å². The monoisotopic (exact) mass is 324 g/mol. The smallest absolute Gasteiger partial charge is 0.397 e. The Morgan fingerprint density at radius 2 is 1.45 bits per heavy atom. The zero-order valence-electron chi connectivity index (χ0n) is 10.8. The van der Waals surface area contributed by atoms with Crippen LogP contribution in [0.25, 0.3) is 5.69 Å². The predicted octanol–water partition coefficient (Wildman–Crippen LogP) is 3.37. The van der Waals surface area contributed by atoms with Gasteiger partial charge in [-0.3, -0.25) is 0 Å². The molecule has 0 fully saturated rings. The Morgan fingerprint density at radius 1 is 0.909 bits per heavy atom. The lowest BCUT2D eigenvalue weighted by molar-refractivity contribution is -0.376. The number of hydrogen-bond donors (Lipinski definition) is 2. The third-order valence-corrected chi connectivity index (χ3v) is 3.15. The molecule has 9 heteroatoms. The van der Waals surface area contributed by atoms with E-state index in [-0.39, 0.29) is 11.4 Å². The molecule has 1 aromatic heterocycles. The summed E-state index contributed by atoms with van der Waals surface area (Å²) < 4.78 is 77.6. The van der Waals surface area contributed by atoms with Crippen molar-refractivity contribution in [1.82, 2.24) is 4.57 Å². The highest BCUT2D eigenvalue weighted by Gasteiger charge is 2.71. The van der Waals surface area contributed by atoms with E-state index in [1.807, 2.05) is 0 Å². The van der Waals surface area contributed by atoms with Gasteiger partial charge in [0.05, 0.1) is 11.4 Å². The lowest BCUT2D eigenvalue weighted by Gasteiger charge is -2.31. The number of nitrogens with two attached hydrogens (primary N) is 1. The first kappa shape index (κ1) is 16.2. The second-order valence-corrected chi connectivity index (χ2v) is 4.57. The molecule has 0 bridgehead atoms. The third-order valence-electron chi connectivity index (χ3n) is 3.15. The Morgan fingerprint density at radius 3 is 1.95 bits per heavy atom. The normalized spacial score (nSPS) is 13.4. The number of nitrogens with zero attached hydrogens (tertiary/aromatic N) is 1. The molecular formula is C13H10F6N2O. The molecule has 2 aromatic rings. The average molecular weight is 324 g/mol. The summed E-state index contributed by atoms with van der Waals surface area (Å²) >= 11 is 0. The molecule has 3 nitrogen and oxygen atoms in total. The number of alkyl halides is 6. The second-order valence-electron chi connectivity index (χ2n) is 4.57. The highest BCUT2D eigenvalue weighted by molar-refractivity contribution is 5.57. The zero-order valence-corrected chi connectivity index (χ0v) is 10.8. The van der Waals surface area contributed by atoms with Gasteiger partial charge in [-0.2, -0.15) is 26.3 Å². The quantitative estimate of drug-likeness (QED) is 0.657. The van der Waals surface area contributed by atoms with Gasteiger partial charge < -0.3 is 15.4 Å². The van der Waals surface area contributed by atoms with E-state index in [1.165, 1.54) is 18.2 Å². The number of aromatic nitrogens is 1. The average Bonchev–Trinajstić information content (AvgIpc) is 2.85. The van der Waals surface area contributed by atoms with Gasteiger partial charge in [-0.05, 0) is 18.2 Å². The largest absolute Gasteiger partial charge is 0.430 e. The summed E-state index contributed by atoms with van der Waals surface area (Å²) in [6.07, 6.45) is -10.3. The number of hydrogen-bond acceptors (Lipinski definition) is 2. The Bertz CT molecular complexity index is 660. The zero-order chi connectivity index (χ0) is 16.8. The van der Waals surface area contributed by atoms with Crippen LogP contribution in [0.5, 0.6) is 0 Å². The van der Waals surface area contributed by atoms with Crippen LogP contribution >= 0.6 is 0 Å². The van der Waals surface area contributed by atoms with E-state index >= 15 is 0 Å². The van der Waals surface area contributed by atoms with Gasteiger partial charge in [0.25, 0.3) is 5.60 Å². The maximum atomic E-state index is 12.8. The fourth-order valence-electron chi connectivity index (χ4n) is 1.97. The molecule has 120 valence electrons. The van der Waals surface area contributed by atoms with Gasteiger partial charge in [-0.15, -0.1) is 0 Å². The molecule has 0 aliphatic rings. The van der Waals surface area contributed by atoms with E-state index in [9.17, 15) is 31.4 Å². The van der Waals surface area contributed by atoms with Gasteiger partial charge in [0.2, 0.25) is 0 Å². The van der Waals surface area contributed by atoms with Crippen molar-refractivity contribution in [2.75, 3.05) is 5.73 Å². The lowest BCUT2D eigenvalue weighted by atomic mass is 9.95. The molecule has 0 amide bonds. The van der Waals surface area contributed by atoms with Crippen molar-refractivity contribution in [1.29, 1.82) is 0 Å². The Labute approximate surface area is 120 Å². The summed E-state index contributed by atoms with van der Waals surface area (Å²) in [6, 6.07) is 6.48. The second kappa shape index (κ2) is 4.94. The van der Waals surface area contributed by atoms with E-state index in [4.69, 9.17) is 5.73 Å². The van der Waals surface area contributed by atoms with E-state index in [0.717, 1.165) is 10.8 Å². The molecule has 0 aliphatic heterocycles. The van der Waals surface area contributed by atoms with Crippen molar-refractivity contribution in [2.24, 2.45) is 0 Å². The number of aliphatic hydroxyl groups is 1. The molecule has 0 atom stereocenters. The van der Waals surface area contributed by atoms with E-state index in [0.29, 0.717) is 12.3 Å². The summed E-state index contributed by atoms with van der Waals surface area (Å²) in [7, 11) is 0. The molecule has 3 N–H and O–H groups in total. The molecule has 2 rings (SSSR count). The van der Waals surface area contributed by atoms with Crippen LogP contribution in [0.3, 0.4) is 0 Å². The fraction of sp³-hybridized carbons (Fsp3) is 0.231. The lowest BCUT2D eigenvalue weighted by Crippen LogP contribution is -2.53. The van der Waals surface area contributed by atoms with Crippen molar-refractivity contribution < 1.29 is 31.4 Å². The summed E-state index contributed by atoms with van der Waals surface area (Å²) in [5.41, 5.74) is -0.318. The van der Waals surface area contributed by atoms with Crippen molar-refractivity contribution in [2.45, 2.75) is 18.0 Å². The first-order valence-electron chi connectivity index (χ1n) is 5.87. The van der Waals surface area contributed by atoms with Gasteiger partial charge >= 0.3 is 12.4 Å². The van der Waals surface area contributed by atoms with Gasteiger partial charge in [0, 0.05) is 18.0 Å². The van der Waals surface area contributed by atoms with Crippen LogP contribution < -0.4 is 5.73 Å². The van der Waals surface area contributed by atoms with Crippen molar-refractivity contribution >= 4 is 5.69 Å². The summed E-state index contributed by atoms with van der Waals surface area (Å²) in [5, 5.41) is 9.29. The molecule has 0 aliphatic carbocycles. The minimum absolute atomic E-state index is 0.159. The summed E-state index contributed by atoms with van der Waals surface area (Å²) in [6.45, 7) is 0. The first-order chi connectivity index (χ1) is 9.98. The molecule has 0 unspecified atom stereocenters. The number of benzene rings is 1. The Balaban J connectivity index is 2.57. The summed E-state index contributed by atoms with van der Waals surface area (Å²) in [4.78, 5) is 0. The van der Waals surface area contributed by atoms with Crippen LogP contribution in [0, 0.1) is 0 Å². The minimum Gasteiger partial charge on any atom is -0.397 e. The number of rotatable bonds is 2. The summed E-state index contributed by atoms with van der Waals surface area (Å²) in [5.74, 6) is 0. The van der Waals surface area contributed by atoms with Crippen LogP contribution in [-0.4, -0.2) is 22.0 Å². The number of para-hydroxylation sites is 2. The number of anilines is 1. The molecule has 0 spiro atoms. The van der Waals surface area contributed by atoms with Crippen LogP contribution in [-0.2, 0) is 5.60 Å². The maximum Gasteiger partial charge on any atom is 0.430 e. The van der Waals surface area contributed by atoms with E-state index in [1.54, 1.807) is 6.07 Å². The maximum absolute atomic E-state index is 12.8. The van der Waals surface area contributed by atoms with Crippen LogP contribution in [0.1, 0.15) is 5.56 Å². The SMILES string of the molecule is Nc1ccccc1-n1ccc(C(O)(C(F)(F)F)C(F)(F)F)c1. The van der Waals surface area contributed by atoms with Crippen molar-refractivity contribution in [3.8, 4) is 5.69 Å². The highest BCUT2D eigenvalue weighted by Crippen LogP contribution is 2.50. The van der Waals surface area contributed by atoms with Crippen molar-refractivity contribution in [3.63, 3.8) is 0 Å². The molecule has 0 radical (unpaired) electrons. The van der Waals surface area contributed by atoms with Gasteiger partial charge in [-0.1, -0.05) is 12.1 Å². The molecule has 1 aromatic carbocycles. The molecular weight excluding hydrogens is 314 g/mol. The van der Waals surface area contributed by atoms with Gasteiger partial charge in [0.1, 0.15) is 0 Å². The fourth-order valence-corrected chi connectivity index (χ4v) is 1.97. The topological polar surface area (TPSA) is 51.2 Å². The third kappa shape index (κ3) is 2.41. The molecule has 22 heavy (non-hydrogen) atoms. The Hall–Kier alpha value is -2.16. The number of nitrogen functional groups attached to an aromatic ring is 1. The predicted molar refractivity (Wildman–Crippen MR) is 66.2 cm³/mol. The van der Waals surface area contributed by atoms with Gasteiger partial charge in [-0.25, -0.2) is 0 Å². The highest BCUT2D eigenvalue weighted by atomic mass is 19.4. The molecule has 0 saturated heterocycles. The van der Waals surface area contributed by atoms with Gasteiger partial charge in [0.15, 0.2) is 0 Å². The standard InChI is InChI=1S/C13H10F6N2O/c14-12(15,16)11(22,13(17,18)19)8-5-6-21(7-8)10-4-2-1-3-9(10)20/h1-7,22H,20H2. The molecule has 1 heterocycles. The van der Waals surface area contributed by atoms with Crippen LogP contribution in [0.4, 0.5) is 32.0 Å². The molecule has 0 saturated carbocycles. The van der Waals surface area contributed by atoms with Crippen LogP contribution in [0.15, 0.2) is 42.7 Å². The van der Waals surface area contributed by atoms with Crippen LogP contribution in [0.2, 0.25) is 0 Å². The Kier molecular flexibility index (Phi) is 3.64. The first-order valence-corrected chi connectivity index (χ1v) is 5.87. The minimum atomic E-state index is -5.92. The van der Waals surface area contributed by atoms with Crippen molar-refractivity contribution in [3.05, 3.63) is 48.3 Å². The van der Waals surface area contributed by atoms with E-state index in [2.05, 4.69) is 0 Å².